The van der Waals surface area contributed by atoms with E-state index in [0.29, 0.717) is 56.0 Å². The number of nitrogens with zero attached hydrogens (tertiary/aromatic N) is 3. The highest BCUT2D eigenvalue weighted by Gasteiger charge is 2.28. The van der Waals surface area contributed by atoms with Gasteiger partial charge in [-0.25, -0.2) is 0 Å². The highest BCUT2D eigenvalue weighted by atomic mass is 16.5. The van der Waals surface area contributed by atoms with Crippen molar-refractivity contribution in [2.45, 2.75) is 26.7 Å². The molecule has 132 valence electrons. The van der Waals surface area contributed by atoms with Crippen LogP contribution in [0.2, 0.25) is 0 Å². The molecule has 6 heteroatoms. The molecule has 0 N–H and O–H groups in total. The van der Waals surface area contributed by atoms with Gasteiger partial charge in [0.25, 0.3) is 5.91 Å². The zero-order valence-electron chi connectivity index (χ0n) is 14.7. The van der Waals surface area contributed by atoms with Gasteiger partial charge < -0.3 is 14.3 Å². The molecule has 0 saturated carbocycles. The van der Waals surface area contributed by atoms with Gasteiger partial charge in [0.2, 0.25) is 5.91 Å². The van der Waals surface area contributed by atoms with Crippen LogP contribution in [0.25, 0.3) is 0 Å². The van der Waals surface area contributed by atoms with Gasteiger partial charge in [-0.3, -0.25) is 9.59 Å². The van der Waals surface area contributed by atoms with Crippen LogP contribution in [0.3, 0.4) is 0 Å². The van der Waals surface area contributed by atoms with Crippen LogP contribution in [0.15, 0.2) is 34.9 Å². The molecule has 3 rings (SSSR count). The van der Waals surface area contributed by atoms with Crippen LogP contribution >= 0.6 is 0 Å². The molecule has 2 heterocycles. The van der Waals surface area contributed by atoms with E-state index in [-0.39, 0.29) is 11.8 Å². The van der Waals surface area contributed by atoms with Crippen LogP contribution in [0.1, 0.15) is 34.3 Å². The summed E-state index contributed by atoms with van der Waals surface area (Å²) in [5, 5.41) is 3.95. The first-order valence-corrected chi connectivity index (χ1v) is 8.66. The van der Waals surface area contributed by atoms with Gasteiger partial charge in [-0.15, -0.1) is 0 Å². The lowest BCUT2D eigenvalue weighted by Crippen LogP contribution is -2.51. The second-order valence-electron chi connectivity index (χ2n) is 6.25. The summed E-state index contributed by atoms with van der Waals surface area (Å²) in [5.41, 5.74) is 2.29. The number of aryl methyl sites for hydroxylation is 2. The van der Waals surface area contributed by atoms with Gasteiger partial charge >= 0.3 is 0 Å². The van der Waals surface area contributed by atoms with Crippen LogP contribution in [0, 0.1) is 6.92 Å². The molecule has 2 amide bonds. The van der Waals surface area contributed by atoms with Crippen molar-refractivity contribution in [3.63, 3.8) is 0 Å². The maximum atomic E-state index is 12.8. The largest absolute Gasteiger partial charge is 0.361 e. The minimum absolute atomic E-state index is 0.0502. The average Bonchev–Trinajstić information content (AvgIpc) is 3.02. The lowest BCUT2D eigenvalue weighted by atomic mass is 10.1. The minimum Gasteiger partial charge on any atom is -0.361 e. The van der Waals surface area contributed by atoms with E-state index < -0.39 is 0 Å². The predicted octanol–water partition coefficient (Wildman–Crippen LogP) is 2.07. The maximum absolute atomic E-state index is 12.8. The zero-order valence-corrected chi connectivity index (χ0v) is 14.7. The van der Waals surface area contributed by atoms with E-state index in [9.17, 15) is 9.59 Å². The Bertz CT molecular complexity index is 747. The summed E-state index contributed by atoms with van der Waals surface area (Å²) in [5.74, 6) is 0.615. The number of hydrogen-bond donors (Lipinski definition) is 0. The Morgan fingerprint density at radius 2 is 1.72 bits per heavy atom. The molecule has 2 aromatic rings. The minimum atomic E-state index is -0.0502. The Hall–Kier alpha value is -2.63. The molecule has 1 saturated heterocycles. The molecule has 25 heavy (non-hydrogen) atoms. The molecule has 1 aliphatic rings. The lowest BCUT2D eigenvalue weighted by Gasteiger charge is -2.34. The molecule has 6 nitrogen and oxygen atoms in total. The van der Waals surface area contributed by atoms with Crippen LogP contribution in [-0.2, 0) is 17.6 Å². The zero-order chi connectivity index (χ0) is 17.8. The molecule has 0 radical (unpaired) electrons. The van der Waals surface area contributed by atoms with Crippen LogP contribution in [0.5, 0.6) is 0 Å². The highest BCUT2D eigenvalue weighted by molar-refractivity contribution is 5.96. The fraction of sp³-hybridized carbons (Fsp3) is 0.421. The van der Waals surface area contributed by atoms with Crippen LogP contribution in [-0.4, -0.2) is 52.9 Å². The smallest absolute Gasteiger partial charge is 0.259 e. The summed E-state index contributed by atoms with van der Waals surface area (Å²) in [7, 11) is 0. The third-order valence-electron chi connectivity index (χ3n) is 4.60. The average molecular weight is 341 g/mol. The maximum Gasteiger partial charge on any atom is 0.259 e. The Balaban J connectivity index is 1.59. The molecular formula is C19H23N3O3. The van der Waals surface area contributed by atoms with Crippen LogP contribution in [0.4, 0.5) is 0 Å². The van der Waals surface area contributed by atoms with E-state index in [1.165, 1.54) is 0 Å². The SMILES string of the molecule is CCc1noc(C)c1C(=O)N1CCN(C(=O)Cc2ccccc2)CC1. The van der Waals surface area contributed by atoms with Crippen molar-refractivity contribution in [2.24, 2.45) is 0 Å². The quantitative estimate of drug-likeness (QED) is 0.854. The van der Waals surface area contributed by atoms with Gasteiger partial charge in [0, 0.05) is 26.2 Å². The summed E-state index contributed by atoms with van der Waals surface area (Å²) < 4.78 is 5.16. The number of benzene rings is 1. The second kappa shape index (κ2) is 7.51. The van der Waals surface area contributed by atoms with Crippen molar-refractivity contribution in [3.05, 3.63) is 52.9 Å². The fourth-order valence-corrected chi connectivity index (χ4v) is 3.13. The number of piperazine rings is 1. The van der Waals surface area contributed by atoms with E-state index in [1.807, 2.05) is 42.2 Å². The van der Waals surface area contributed by atoms with Crippen molar-refractivity contribution in [3.8, 4) is 0 Å². The normalized spacial score (nSPS) is 14.6. The van der Waals surface area contributed by atoms with E-state index in [0.717, 1.165) is 5.56 Å². The first-order chi connectivity index (χ1) is 12.1. The molecular weight excluding hydrogens is 318 g/mol. The number of rotatable bonds is 4. The highest BCUT2D eigenvalue weighted by Crippen LogP contribution is 2.18. The van der Waals surface area contributed by atoms with Gasteiger partial charge in [-0.1, -0.05) is 42.4 Å². The van der Waals surface area contributed by atoms with Gasteiger partial charge in [-0.05, 0) is 18.9 Å². The Kier molecular flexibility index (Phi) is 5.16. The summed E-state index contributed by atoms with van der Waals surface area (Å²) >= 11 is 0. The molecule has 0 aliphatic carbocycles. The number of amides is 2. The topological polar surface area (TPSA) is 66.7 Å². The van der Waals surface area contributed by atoms with E-state index in [1.54, 1.807) is 11.8 Å². The first kappa shape index (κ1) is 17.2. The van der Waals surface area contributed by atoms with Crippen molar-refractivity contribution < 1.29 is 14.1 Å². The summed E-state index contributed by atoms with van der Waals surface area (Å²) in [6, 6.07) is 9.73. The molecule has 1 aliphatic heterocycles. The van der Waals surface area contributed by atoms with Gasteiger partial charge in [0.1, 0.15) is 11.3 Å². The van der Waals surface area contributed by atoms with Gasteiger partial charge in [0.15, 0.2) is 0 Å². The number of hydrogen-bond acceptors (Lipinski definition) is 4. The molecule has 1 aromatic carbocycles. The molecule has 0 spiro atoms. The molecule has 1 fully saturated rings. The standard InChI is InChI=1S/C19H23N3O3/c1-3-16-18(14(2)25-20-16)19(24)22-11-9-21(10-12-22)17(23)13-15-7-5-4-6-8-15/h4-8H,3,9-13H2,1-2H3. The van der Waals surface area contributed by atoms with Gasteiger partial charge in [0.05, 0.1) is 12.1 Å². The monoisotopic (exact) mass is 341 g/mol. The van der Waals surface area contributed by atoms with Crippen molar-refractivity contribution in [1.82, 2.24) is 15.0 Å². The van der Waals surface area contributed by atoms with E-state index in [4.69, 9.17) is 4.52 Å². The van der Waals surface area contributed by atoms with E-state index >= 15 is 0 Å². The predicted molar refractivity (Wildman–Crippen MR) is 93.2 cm³/mol. The van der Waals surface area contributed by atoms with Crippen molar-refractivity contribution in [1.29, 1.82) is 0 Å². The first-order valence-electron chi connectivity index (χ1n) is 8.66. The lowest BCUT2D eigenvalue weighted by molar-refractivity contribution is -0.131. The molecule has 0 atom stereocenters. The number of carbonyl (C=O) groups excluding carboxylic acids is 2. The Morgan fingerprint density at radius 1 is 1.08 bits per heavy atom. The summed E-state index contributed by atoms with van der Waals surface area (Å²) in [6.45, 7) is 5.90. The molecule has 0 bridgehead atoms. The third kappa shape index (κ3) is 3.73. The number of aromatic nitrogens is 1. The third-order valence-corrected chi connectivity index (χ3v) is 4.60. The fourth-order valence-electron chi connectivity index (χ4n) is 3.13. The summed E-state index contributed by atoms with van der Waals surface area (Å²) in [4.78, 5) is 28.8. The Labute approximate surface area is 147 Å². The van der Waals surface area contributed by atoms with Crippen molar-refractivity contribution >= 4 is 11.8 Å². The second-order valence-corrected chi connectivity index (χ2v) is 6.25. The van der Waals surface area contributed by atoms with Crippen molar-refractivity contribution in [2.75, 3.05) is 26.2 Å². The van der Waals surface area contributed by atoms with Gasteiger partial charge in [-0.2, -0.15) is 0 Å². The Morgan fingerprint density at radius 3 is 2.36 bits per heavy atom. The van der Waals surface area contributed by atoms with E-state index in [2.05, 4.69) is 5.16 Å². The van der Waals surface area contributed by atoms with Crippen LogP contribution < -0.4 is 0 Å². The molecule has 0 unspecified atom stereocenters. The number of carbonyl (C=O) groups is 2. The summed E-state index contributed by atoms with van der Waals surface area (Å²) in [6.07, 6.45) is 1.06. The molecule has 1 aromatic heterocycles.